The molecule has 0 saturated carbocycles. The summed E-state index contributed by atoms with van der Waals surface area (Å²) >= 11 is 0. The van der Waals surface area contributed by atoms with Crippen LogP contribution in [0.5, 0.6) is 0 Å². The molecule has 0 aliphatic carbocycles. The number of rotatable bonds is 7. The molecule has 10 nitrogen and oxygen atoms in total. The molecule has 0 atom stereocenters. The number of aromatic amines is 1. The zero-order valence-corrected chi connectivity index (χ0v) is 20.9. The standard InChI is InChI=1S/C25H22F2N6O4S/c1-32-7-2-3-23(32)25(35)29-22-13-28-6-4-18(22)24(34)12-21-19-14-33(8-5-20(19)30-31-21)38(36,37)17-10-15(26)9-16(27)11-17/h2-4,6-7,9-11,13H,5,8,12,14H2,1H3,(H,29,35)(H,30,31). The van der Waals surface area contributed by atoms with Crippen LogP contribution in [0.3, 0.4) is 0 Å². The van der Waals surface area contributed by atoms with Gasteiger partial charge >= 0.3 is 0 Å². The third-order valence-corrected chi connectivity index (χ3v) is 8.15. The number of nitrogens with zero attached hydrogens (tertiary/aromatic N) is 4. The number of carbonyl (C=O) groups is 2. The molecule has 4 heterocycles. The van der Waals surface area contributed by atoms with E-state index in [1.807, 2.05) is 0 Å². The first-order valence-electron chi connectivity index (χ1n) is 11.5. The van der Waals surface area contributed by atoms with Gasteiger partial charge in [0.25, 0.3) is 5.91 Å². The number of hydrogen-bond donors (Lipinski definition) is 2. The van der Waals surface area contributed by atoms with E-state index in [0.29, 0.717) is 28.7 Å². The van der Waals surface area contributed by atoms with Crippen molar-refractivity contribution in [1.82, 2.24) is 24.1 Å². The fourth-order valence-corrected chi connectivity index (χ4v) is 5.83. The molecule has 196 valence electrons. The molecule has 2 N–H and O–H groups in total. The molecule has 38 heavy (non-hydrogen) atoms. The summed E-state index contributed by atoms with van der Waals surface area (Å²) in [4.78, 5) is 29.5. The Labute approximate surface area is 216 Å². The van der Waals surface area contributed by atoms with Crippen molar-refractivity contribution in [3.8, 4) is 0 Å². The number of nitrogens with one attached hydrogen (secondary N) is 2. The van der Waals surface area contributed by atoms with Gasteiger partial charge in [0.1, 0.15) is 17.3 Å². The number of Topliss-reactive ketones (excluding diaryl/α,β-unsaturated/α-hetero) is 1. The highest BCUT2D eigenvalue weighted by molar-refractivity contribution is 7.89. The fourth-order valence-electron chi connectivity index (χ4n) is 4.38. The molecule has 1 aliphatic rings. The Morgan fingerprint density at radius 2 is 1.92 bits per heavy atom. The normalized spacial score (nSPS) is 13.8. The van der Waals surface area contributed by atoms with E-state index in [-0.39, 0.29) is 43.0 Å². The van der Waals surface area contributed by atoms with E-state index in [0.717, 1.165) is 16.4 Å². The average molecular weight is 541 g/mol. The van der Waals surface area contributed by atoms with Crippen molar-refractivity contribution in [1.29, 1.82) is 0 Å². The van der Waals surface area contributed by atoms with Crippen LogP contribution in [0.2, 0.25) is 0 Å². The lowest BCUT2D eigenvalue weighted by Crippen LogP contribution is -2.36. The summed E-state index contributed by atoms with van der Waals surface area (Å²) in [5, 5.41) is 9.80. The molecule has 13 heteroatoms. The van der Waals surface area contributed by atoms with Crippen LogP contribution >= 0.6 is 0 Å². The first kappa shape index (κ1) is 25.4. The van der Waals surface area contributed by atoms with E-state index < -0.39 is 32.5 Å². The molecule has 0 fully saturated rings. The average Bonchev–Trinajstić information content (AvgIpc) is 3.49. The number of aryl methyl sites for hydroxylation is 1. The molecule has 0 saturated heterocycles. The number of hydrogen-bond acceptors (Lipinski definition) is 6. The van der Waals surface area contributed by atoms with Gasteiger partial charge in [-0.2, -0.15) is 9.40 Å². The fraction of sp³-hybridized carbons (Fsp3) is 0.200. The van der Waals surface area contributed by atoms with Crippen molar-refractivity contribution >= 4 is 27.4 Å². The first-order valence-corrected chi connectivity index (χ1v) is 13.0. The smallest absolute Gasteiger partial charge is 0.272 e. The number of benzene rings is 1. The molecule has 3 aromatic heterocycles. The maximum absolute atomic E-state index is 13.7. The highest BCUT2D eigenvalue weighted by atomic mass is 32.2. The van der Waals surface area contributed by atoms with E-state index in [9.17, 15) is 26.8 Å². The minimum absolute atomic E-state index is 0.0722. The van der Waals surface area contributed by atoms with Crippen LogP contribution < -0.4 is 5.32 Å². The van der Waals surface area contributed by atoms with Gasteiger partial charge in [0.2, 0.25) is 10.0 Å². The molecule has 5 rings (SSSR count). The zero-order valence-electron chi connectivity index (χ0n) is 20.1. The van der Waals surface area contributed by atoms with E-state index in [2.05, 4.69) is 20.5 Å². The molecular weight excluding hydrogens is 518 g/mol. The number of carbonyl (C=O) groups excluding carboxylic acids is 2. The van der Waals surface area contributed by atoms with Crippen LogP contribution in [0, 0.1) is 11.6 Å². The van der Waals surface area contributed by atoms with Gasteiger partial charge in [-0.15, -0.1) is 0 Å². The van der Waals surface area contributed by atoms with Gasteiger partial charge in [0.05, 0.1) is 28.9 Å². The topological polar surface area (TPSA) is 130 Å². The SMILES string of the molecule is Cn1cccc1C(=O)Nc1cnccc1C(=O)Cc1n[nH]c2c1CN(S(=O)(=O)c1cc(F)cc(F)c1)CC2. The zero-order chi connectivity index (χ0) is 27.0. The number of fused-ring (bicyclic) bond motifs is 1. The third kappa shape index (κ3) is 4.85. The molecule has 0 spiro atoms. The number of pyridine rings is 1. The van der Waals surface area contributed by atoms with Crippen molar-refractivity contribution in [2.24, 2.45) is 7.05 Å². The summed E-state index contributed by atoms with van der Waals surface area (Å²) in [7, 11) is -2.48. The highest BCUT2D eigenvalue weighted by Crippen LogP contribution is 2.28. The summed E-state index contributed by atoms with van der Waals surface area (Å²) in [6.45, 7) is -0.0505. The largest absolute Gasteiger partial charge is 0.347 e. The molecule has 0 bridgehead atoms. The van der Waals surface area contributed by atoms with Crippen LogP contribution in [-0.2, 0) is 36.5 Å². The number of H-pyrrole nitrogens is 1. The second-order valence-electron chi connectivity index (χ2n) is 8.80. The number of anilines is 1. The van der Waals surface area contributed by atoms with E-state index in [1.54, 1.807) is 29.9 Å². The Balaban J connectivity index is 1.37. The van der Waals surface area contributed by atoms with Gasteiger partial charge in [-0.1, -0.05) is 0 Å². The van der Waals surface area contributed by atoms with Crippen molar-refractivity contribution < 1.29 is 26.8 Å². The van der Waals surface area contributed by atoms with Crippen LogP contribution in [0.25, 0.3) is 0 Å². The molecular formula is C25H22F2N6O4S. The monoisotopic (exact) mass is 540 g/mol. The number of aromatic nitrogens is 4. The van der Waals surface area contributed by atoms with Crippen molar-refractivity contribution in [3.05, 3.63) is 94.8 Å². The summed E-state index contributed by atoms with van der Waals surface area (Å²) in [6.07, 6.45) is 4.63. The quantitative estimate of drug-likeness (QED) is 0.347. The molecule has 1 aliphatic heterocycles. The maximum Gasteiger partial charge on any atom is 0.272 e. The van der Waals surface area contributed by atoms with E-state index in [1.165, 1.54) is 18.5 Å². The second kappa shape index (κ2) is 9.91. The van der Waals surface area contributed by atoms with Crippen LogP contribution in [0.4, 0.5) is 14.5 Å². The number of amides is 1. The number of sulfonamides is 1. The highest BCUT2D eigenvalue weighted by Gasteiger charge is 2.32. The molecule has 1 amide bonds. The Hall–Kier alpha value is -4.23. The number of ketones is 1. The summed E-state index contributed by atoms with van der Waals surface area (Å²) < 4.78 is 56.3. The lowest BCUT2D eigenvalue weighted by Gasteiger charge is -2.26. The molecule has 1 aromatic carbocycles. The predicted octanol–water partition coefficient (Wildman–Crippen LogP) is 2.85. The summed E-state index contributed by atoms with van der Waals surface area (Å²) in [6, 6.07) is 6.98. The van der Waals surface area contributed by atoms with Gasteiger partial charge in [-0.3, -0.25) is 19.7 Å². The first-order chi connectivity index (χ1) is 18.1. The van der Waals surface area contributed by atoms with E-state index in [4.69, 9.17) is 0 Å². The van der Waals surface area contributed by atoms with Gasteiger partial charge in [-0.05, 0) is 30.3 Å². The van der Waals surface area contributed by atoms with Gasteiger partial charge in [0.15, 0.2) is 5.78 Å². The summed E-state index contributed by atoms with van der Waals surface area (Å²) in [5.74, 6) is -2.77. The van der Waals surface area contributed by atoms with Gasteiger partial charge < -0.3 is 9.88 Å². The predicted molar refractivity (Wildman–Crippen MR) is 132 cm³/mol. The van der Waals surface area contributed by atoms with Crippen molar-refractivity contribution in [2.75, 3.05) is 11.9 Å². The second-order valence-corrected chi connectivity index (χ2v) is 10.7. The Morgan fingerprint density at radius 1 is 1.16 bits per heavy atom. The maximum atomic E-state index is 13.7. The Kier molecular flexibility index (Phi) is 6.63. The molecule has 0 radical (unpaired) electrons. The van der Waals surface area contributed by atoms with E-state index >= 15 is 0 Å². The molecule has 4 aromatic rings. The summed E-state index contributed by atoms with van der Waals surface area (Å²) in [5.41, 5.74) is 2.38. The third-order valence-electron chi connectivity index (χ3n) is 6.33. The van der Waals surface area contributed by atoms with Crippen molar-refractivity contribution in [2.45, 2.75) is 24.3 Å². The Bertz CT molecular complexity index is 1640. The lowest BCUT2D eigenvalue weighted by atomic mass is 10.0. The van der Waals surface area contributed by atoms with Gasteiger partial charge in [0, 0.05) is 61.8 Å². The van der Waals surface area contributed by atoms with Crippen molar-refractivity contribution in [3.63, 3.8) is 0 Å². The number of halogens is 2. The van der Waals surface area contributed by atoms with Gasteiger partial charge in [-0.25, -0.2) is 17.2 Å². The Morgan fingerprint density at radius 3 is 2.63 bits per heavy atom. The molecule has 0 unspecified atom stereocenters. The minimum Gasteiger partial charge on any atom is -0.347 e. The minimum atomic E-state index is -4.20. The van der Waals surface area contributed by atoms with Crippen LogP contribution in [-0.4, -0.2) is 50.7 Å². The van der Waals surface area contributed by atoms with Crippen LogP contribution in [0.1, 0.15) is 37.8 Å². The lowest BCUT2D eigenvalue weighted by molar-refractivity contribution is 0.0992. The van der Waals surface area contributed by atoms with Crippen LogP contribution in [0.15, 0.2) is 59.9 Å².